The quantitative estimate of drug-likeness (QED) is 0.904. The van der Waals surface area contributed by atoms with E-state index in [0.717, 1.165) is 23.6 Å². The fraction of sp³-hybridized carbons (Fsp3) is 0.625. The van der Waals surface area contributed by atoms with E-state index in [1.165, 1.54) is 31.7 Å². The maximum absolute atomic E-state index is 13.5. The minimum Gasteiger partial charge on any atom is -0.326 e. The zero-order chi connectivity index (χ0) is 13.8. The third kappa shape index (κ3) is 4.02. The molecule has 3 heteroatoms. The van der Waals surface area contributed by atoms with Crippen molar-refractivity contribution in [2.24, 2.45) is 11.7 Å². The topological polar surface area (TPSA) is 29.3 Å². The fourth-order valence-corrected chi connectivity index (χ4v) is 3.03. The van der Waals surface area contributed by atoms with Crippen molar-refractivity contribution in [2.75, 3.05) is 7.05 Å². The number of nitrogens with zero attached hydrogens (tertiary/aromatic N) is 1. The first-order valence-electron chi connectivity index (χ1n) is 7.27. The van der Waals surface area contributed by atoms with Gasteiger partial charge in [0.1, 0.15) is 5.82 Å². The summed E-state index contributed by atoms with van der Waals surface area (Å²) >= 11 is 0. The second-order valence-corrected chi connectivity index (χ2v) is 6.00. The van der Waals surface area contributed by atoms with Gasteiger partial charge in [0.15, 0.2) is 0 Å². The molecule has 2 rings (SSSR count). The molecular weight excluding hydrogens is 239 g/mol. The summed E-state index contributed by atoms with van der Waals surface area (Å²) in [7, 11) is 2.15. The maximum atomic E-state index is 13.5. The third-order valence-corrected chi connectivity index (χ3v) is 4.29. The Hall–Kier alpha value is -0.930. The van der Waals surface area contributed by atoms with Crippen LogP contribution >= 0.6 is 0 Å². The van der Waals surface area contributed by atoms with Gasteiger partial charge in [0.05, 0.1) is 0 Å². The minimum atomic E-state index is -0.177. The fourth-order valence-electron chi connectivity index (χ4n) is 3.03. The van der Waals surface area contributed by atoms with Crippen molar-refractivity contribution in [2.45, 2.75) is 51.7 Å². The van der Waals surface area contributed by atoms with E-state index in [0.29, 0.717) is 12.6 Å². The lowest BCUT2D eigenvalue weighted by Crippen LogP contribution is -2.34. The Morgan fingerprint density at radius 3 is 2.42 bits per heavy atom. The first-order valence-corrected chi connectivity index (χ1v) is 7.27. The van der Waals surface area contributed by atoms with Crippen LogP contribution in [0.2, 0.25) is 0 Å². The average molecular weight is 264 g/mol. The number of hydrogen-bond donors (Lipinski definition) is 1. The minimum absolute atomic E-state index is 0.177. The van der Waals surface area contributed by atoms with Gasteiger partial charge in [-0.15, -0.1) is 0 Å². The summed E-state index contributed by atoms with van der Waals surface area (Å²) in [6, 6.07) is 5.80. The smallest absolute Gasteiger partial charge is 0.123 e. The zero-order valence-electron chi connectivity index (χ0n) is 12.0. The molecule has 0 amide bonds. The predicted octanol–water partition coefficient (Wildman–Crippen LogP) is 3.29. The molecule has 106 valence electrons. The Balaban J connectivity index is 1.98. The lowest BCUT2D eigenvalue weighted by molar-refractivity contribution is 0.164. The Bertz CT molecular complexity index is 411. The molecule has 0 saturated heterocycles. The van der Waals surface area contributed by atoms with E-state index in [2.05, 4.69) is 18.9 Å². The van der Waals surface area contributed by atoms with Gasteiger partial charge in [0.2, 0.25) is 0 Å². The molecule has 0 atom stereocenters. The monoisotopic (exact) mass is 264 g/mol. The largest absolute Gasteiger partial charge is 0.326 e. The van der Waals surface area contributed by atoms with Gasteiger partial charge in [-0.1, -0.05) is 13.0 Å². The van der Waals surface area contributed by atoms with Gasteiger partial charge < -0.3 is 5.73 Å². The van der Waals surface area contributed by atoms with Crippen molar-refractivity contribution in [3.8, 4) is 0 Å². The molecule has 1 saturated carbocycles. The van der Waals surface area contributed by atoms with Crippen molar-refractivity contribution in [3.63, 3.8) is 0 Å². The highest BCUT2D eigenvalue weighted by Gasteiger charge is 2.21. The second kappa shape index (κ2) is 6.49. The number of halogens is 1. The molecule has 2 N–H and O–H groups in total. The molecule has 19 heavy (non-hydrogen) atoms. The molecule has 0 unspecified atom stereocenters. The molecule has 0 radical (unpaired) electrons. The Labute approximate surface area is 115 Å². The lowest BCUT2D eigenvalue weighted by Gasteiger charge is -2.33. The summed E-state index contributed by atoms with van der Waals surface area (Å²) < 4.78 is 13.5. The van der Waals surface area contributed by atoms with Crippen LogP contribution in [0.25, 0.3) is 0 Å². The van der Waals surface area contributed by atoms with Crippen molar-refractivity contribution < 1.29 is 4.39 Å². The van der Waals surface area contributed by atoms with E-state index in [-0.39, 0.29) is 5.82 Å². The van der Waals surface area contributed by atoms with Crippen molar-refractivity contribution in [1.82, 2.24) is 4.90 Å². The lowest BCUT2D eigenvalue weighted by atomic mass is 9.86. The molecule has 0 heterocycles. The summed E-state index contributed by atoms with van der Waals surface area (Å²) in [5, 5.41) is 0. The normalized spacial score (nSPS) is 23.8. The first kappa shape index (κ1) is 14.5. The van der Waals surface area contributed by atoms with Gasteiger partial charge in [-0.05, 0) is 61.9 Å². The molecule has 0 aliphatic heterocycles. The molecule has 2 nitrogen and oxygen atoms in total. The molecule has 0 aromatic heterocycles. The first-order chi connectivity index (χ1) is 9.08. The molecule has 1 aliphatic rings. The summed E-state index contributed by atoms with van der Waals surface area (Å²) in [4.78, 5) is 2.36. The van der Waals surface area contributed by atoms with E-state index < -0.39 is 0 Å². The van der Waals surface area contributed by atoms with Crippen molar-refractivity contribution >= 4 is 0 Å². The summed E-state index contributed by atoms with van der Waals surface area (Å²) in [5.74, 6) is 0.686. The summed E-state index contributed by atoms with van der Waals surface area (Å²) in [6.07, 6.45) is 5.14. The van der Waals surface area contributed by atoms with E-state index in [4.69, 9.17) is 5.73 Å². The average Bonchev–Trinajstić information content (AvgIpc) is 2.38. The third-order valence-electron chi connectivity index (χ3n) is 4.29. The van der Waals surface area contributed by atoms with Crippen LogP contribution in [0.3, 0.4) is 0 Å². The molecule has 1 fully saturated rings. The molecule has 1 aromatic carbocycles. The summed E-state index contributed by atoms with van der Waals surface area (Å²) in [6.45, 7) is 3.54. The van der Waals surface area contributed by atoms with Crippen LogP contribution < -0.4 is 5.73 Å². The Morgan fingerprint density at radius 1 is 1.16 bits per heavy atom. The SMILES string of the molecule is CC1CCC(N(C)Cc2cc(F)cc(CN)c2)CC1. The van der Waals surface area contributed by atoms with E-state index >= 15 is 0 Å². The molecular formula is C16H25FN2. The highest BCUT2D eigenvalue weighted by atomic mass is 19.1. The van der Waals surface area contributed by atoms with Crippen molar-refractivity contribution in [3.05, 3.63) is 35.1 Å². The molecule has 0 bridgehead atoms. The highest BCUT2D eigenvalue weighted by molar-refractivity contribution is 5.24. The molecule has 0 spiro atoms. The number of hydrogen-bond acceptors (Lipinski definition) is 2. The van der Waals surface area contributed by atoms with Gasteiger partial charge in [-0.3, -0.25) is 4.90 Å². The van der Waals surface area contributed by atoms with Gasteiger partial charge in [0.25, 0.3) is 0 Å². The van der Waals surface area contributed by atoms with Crippen LogP contribution in [0.15, 0.2) is 18.2 Å². The van der Waals surface area contributed by atoms with Crippen LogP contribution in [0.5, 0.6) is 0 Å². The van der Waals surface area contributed by atoms with Crippen molar-refractivity contribution in [1.29, 1.82) is 0 Å². The Morgan fingerprint density at radius 2 is 1.79 bits per heavy atom. The molecule has 1 aliphatic carbocycles. The van der Waals surface area contributed by atoms with Crippen LogP contribution in [-0.4, -0.2) is 18.0 Å². The van der Waals surface area contributed by atoms with E-state index in [1.54, 1.807) is 6.07 Å². The standard InChI is InChI=1S/C16H25FN2/c1-12-3-5-16(6-4-12)19(2)11-14-7-13(10-18)8-15(17)9-14/h7-9,12,16H,3-6,10-11,18H2,1-2H3. The summed E-state index contributed by atoms with van der Waals surface area (Å²) in [5.41, 5.74) is 7.50. The van der Waals surface area contributed by atoms with Crippen LogP contribution in [0, 0.1) is 11.7 Å². The van der Waals surface area contributed by atoms with Crippen LogP contribution in [-0.2, 0) is 13.1 Å². The van der Waals surface area contributed by atoms with Gasteiger partial charge in [-0.2, -0.15) is 0 Å². The van der Waals surface area contributed by atoms with Gasteiger partial charge in [0, 0.05) is 19.1 Å². The van der Waals surface area contributed by atoms with Crippen LogP contribution in [0.1, 0.15) is 43.7 Å². The maximum Gasteiger partial charge on any atom is 0.123 e. The number of nitrogens with two attached hydrogens (primary N) is 1. The van der Waals surface area contributed by atoms with Gasteiger partial charge >= 0.3 is 0 Å². The highest BCUT2D eigenvalue weighted by Crippen LogP contribution is 2.27. The number of benzene rings is 1. The van der Waals surface area contributed by atoms with Crippen LogP contribution in [0.4, 0.5) is 4.39 Å². The Kier molecular flexibility index (Phi) is 4.94. The zero-order valence-corrected chi connectivity index (χ0v) is 12.0. The van der Waals surface area contributed by atoms with E-state index in [9.17, 15) is 4.39 Å². The predicted molar refractivity (Wildman–Crippen MR) is 77.2 cm³/mol. The number of rotatable bonds is 4. The van der Waals surface area contributed by atoms with E-state index in [1.807, 2.05) is 6.07 Å². The molecule has 1 aromatic rings. The van der Waals surface area contributed by atoms with Gasteiger partial charge in [-0.25, -0.2) is 4.39 Å². The second-order valence-electron chi connectivity index (χ2n) is 6.00.